The number of hydrogen-bond acceptors (Lipinski definition) is 3. The van der Waals surface area contributed by atoms with Gasteiger partial charge in [-0.1, -0.05) is 36.2 Å². The molecule has 1 aromatic rings. The highest BCUT2D eigenvalue weighted by molar-refractivity contribution is 6.35. The maximum atomic E-state index is 10.1. The van der Waals surface area contributed by atoms with Crippen molar-refractivity contribution < 1.29 is 14.6 Å². The summed E-state index contributed by atoms with van der Waals surface area (Å²) < 4.78 is 11.9. The lowest BCUT2D eigenvalue weighted by atomic mass is 9.93. The van der Waals surface area contributed by atoms with Crippen molar-refractivity contribution in [3.63, 3.8) is 0 Å². The first-order valence-electron chi connectivity index (χ1n) is 7.18. The summed E-state index contributed by atoms with van der Waals surface area (Å²) in [5.41, 5.74) is -0.206. The fraction of sp³-hybridized carbons (Fsp3) is 0.625. The maximum absolute atomic E-state index is 10.1. The Balaban J connectivity index is 1.99. The molecule has 0 saturated carbocycles. The fourth-order valence-electron chi connectivity index (χ4n) is 2.68. The summed E-state index contributed by atoms with van der Waals surface area (Å²) in [5.74, 6) is 0. The molecule has 1 aliphatic heterocycles. The molecular weight excluding hydrogens is 311 g/mol. The first-order valence-corrected chi connectivity index (χ1v) is 7.94. The second-order valence-corrected chi connectivity index (χ2v) is 6.97. The Kier molecular flexibility index (Phi) is 5.22. The third-order valence-electron chi connectivity index (χ3n) is 4.16. The molecule has 5 heteroatoms. The average molecular weight is 333 g/mol. The molecule has 0 spiro atoms. The molecule has 21 heavy (non-hydrogen) atoms. The molecular formula is C16H22Cl2O3. The SMILES string of the molecule is CCC1(COCc2c(Cl)cccc2Cl)CC(O)C(C)(C)O1. The van der Waals surface area contributed by atoms with Crippen molar-refractivity contribution in [1.29, 1.82) is 0 Å². The summed E-state index contributed by atoms with van der Waals surface area (Å²) in [6, 6.07) is 5.39. The highest BCUT2D eigenvalue weighted by Crippen LogP contribution is 2.40. The molecule has 118 valence electrons. The van der Waals surface area contributed by atoms with Gasteiger partial charge in [0.1, 0.15) is 0 Å². The molecule has 1 aliphatic rings. The van der Waals surface area contributed by atoms with Crippen molar-refractivity contribution in [2.75, 3.05) is 6.61 Å². The summed E-state index contributed by atoms with van der Waals surface area (Å²) in [4.78, 5) is 0. The van der Waals surface area contributed by atoms with Gasteiger partial charge in [0.2, 0.25) is 0 Å². The number of benzene rings is 1. The highest BCUT2D eigenvalue weighted by atomic mass is 35.5. The predicted molar refractivity (Wildman–Crippen MR) is 84.9 cm³/mol. The zero-order valence-electron chi connectivity index (χ0n) is 12.7. The van der Waals surface area contributed by atoms with Crippen molar-refractivity contribution >= 4 is 23.2 Å². The minimum atomic E-state index is -0.540. The summed E-state index contributed by atoms with van der Waals surface area (Å²) in [6.07, 6.45) is 0.876. The summed E-state index contributed by atoms with van der Waals surface area (Å²) in [7, 11) is 0. The van der Waals surface area contributed by atoms with Gasteiger partial charge in [-0.15, -0.1) is 0 Å². The Morgan fingerprint density at radius 2 is 1.95 bits per heavy atom. The predicted octanol–water partition coefficient (Wildman–Crippen LogP) is 4.22. The molecule has 1 fully saturated rings. The normalized spacial score (nSPS) is 28.0. The van der Waals surface area contributed by atoms with E-state index in [0.29, 0.717) is 29.7 Å². The molecule has 1 N–H and O–H groups in total. The quantitative estimate of drug-likeness (QED) is 0.877. The molecule has 0 aliphatic carbocycles. The van der Waals surface area contributed by atoms with Gasteiger partial charge in [-0.3, -0.25) is 0 Å². The standard InChI is InChI=1S/C16H22Cl2O3/c1-4-16(8-14(19)15(2,3)21-16)10-20-9-11-12(17)6-5-7-13(11)18/h5-7,14,19H,4,8-10H2,1-3H3. The first kappa shape index (κ1) is 17.0. The van der Waals surface area contributed by atoms with Gasteiger partial charge in [-0.25, -0.2) is 0 Å². The van der Waals surface area contributed by atoms with Crippen LogP contribution in [0.25, 0.3) is 0 Å². The van der Waals surface area contributed by atoms with Crippen LogP contribution in [0.1, 0.15) is 39.2 Å². The van der Waals surface area contributed by atoms with E-state index in [4.69, 9.17) is 32.7 Å². The Hall–Kier alpha value is -0.320. The first-order chi connectivity index (χ1) is 9.80. The number of halogens is 2. The lowest BCUT2D eigenvalue weighted by Gasteiger charge is -2.30. The second kappa shape index (κ2) is 6.43. The van der Waals surface area contributed by atoms with Gasteiger partial charge >= 0.3 is 0 Å². The lowest BCUT2D eigenvalue weighted by Crippen LogP contribution is -2.37. The summed E-state index contributed by atoms with van der Waals surface area (Å²) in [6.45, 7) is 6.59. The fourth-order valence-corrected chi connectivity index (χ4v) is 3.19. The minimum absolute atomic E-state index is 0.333. The average Bonchev–Trinajstić information content (AvgIpc) is 2.64. The topological polar surface area (TPSA) is 38.7 Å². The molecule has 1 saturated heterocycles. The Labute approximate surface area is 136 Å². The zero-order chi connectivity index (χ0) is 15.7. The molecule has 2 atom stereocenters. The number of aliphatic hydroxyl groups is 1. The smallest absolute Gasteiger partial charge is 0.0946 e. The number of hydrogen-bond donors (Lipinski definition) is 1. The van der Waals surface area contributed by atoms with Crippen LogP contribution in [0.2, 0.25) is 10.0 Å². The molecule has 0 aromatic heterocycles. The van der Waals surface area contributed by atoms with Crippen LogP contribution in [-0.4, -0.2) is 29.0 Å². The molecule has 1 aromatic carbocycles. The second-order valence-electron chi connectivity index (χ2n) is 6.16. The van der Waals surface area contributed by atoms with E-state index in [1.165, 1.54) is 0 Å². The van der Waals surface area contributed by atoms with Gasteiger partial charge in [0.05, 0.1) is 30.5 Å². The molecule has 2 unspecified atom stereocenters. The molecule has 1 heterocycles. The van der Waals surface area contributed by atoms with E-state index in [1.54, 1.807) is 18.2 Å². The van der Waals surface area contributed by atoms with Gasteiger partial charge in [0.25, 0.3) is 0 Å². The Bertz CT molecular complexity index is 484. The third kappa shape index (κ3) is 3.72. The van der Waals surface area contributed by atoms with Crippen molar-refractivity contribution in [3.8, 4) is 0 Å². The maximum Gasteiger partial charge on any atom is 0.0946 e. The van der Waals surface area contributed by atoms with E-state index < -0.39 is 17.3 Å². The van der Waals surface area contributed by atoms with E-state index >= 15 is 0 Å². The number of ether oxygens (including phenoxy) is 2. The number of rotatable bonds is 5. The van der Waals surface area contributed by atoms with Crippen molar-refractivity contribution in [2.45, 2.75) is 57.5 Å². The van der Waals surface area contributed by atoms with Crippen molar-refractivity contribution in [1.82, 2.24) is 0 Å². The zero-order valence-corrected chi connectivity index (χ0v) is 14.2. The van der Waals surface area contributed by atoms with E-state index in [-0.39, 0.29) is 0 Å². The van der Waals surface area contributed by atoms with Gasteiger partial charge in [-0.05, 0) is 32.4 Å². The van der Waals surface area contributed by atoms with Crippen LogP contribution in [0.5, 0.6) is 0 Å². The van der Waals surface area contributed by atoms with Gasteiger partial charge in [0, 0.05) is 22.0 Å². The molecule has 2 rings (SSSR count). The van der Waals surface area contributed by atoms with Crippen molar-refractivity contribution in [3.05, 3.63) is 33.8 Å². The van der Waals surface area contributed by atoms with Crippen LogP contribution in [0, 0.1) is 0 Å². The minimum Gasteiger partial charge on any atom is -0.390 e. The largest absolute Gasteiger partial charge is 0.390 e. The van der Waals surface area contributed by atoms with Gasteiger partial charge < -0.3 is 14.6 Å². The van der Waals surface area contributed by atoms with Gasteiger partial charge in [-0.2, -0.15) is 0 Å². The Morgan fingerprint density at radius 3 is 2.43 bits per heavy atom. The monoisotopic (exact) mass is 332 g/mol. The van der Waals surface area contributed by atoms with Crippen LogP contribution in [0.15, 0.2) is 18.2 Å². The molecule has 0 amide bonds. The molecule has 0 bridgehead atoms. The van der Waals surface area contributed by atoms with Gasteiger partial charge in [0.15, 0.2) is 0 Å². The Morgan fingerprint density at radius 1 is 1.33 bits per heavy atom. The van der Waals surface area contributed by atoms with Crippen LogP contribution in [0.3, 0.4) is 0 Å². The summed E-state index contributed by atoms with van der Waals surface area (Å²) in [5, 5.41) is 11.3. The molecule has 3 nitrogen and oxygen atoms in total. The van der Waals surface area contributed by atoms with Crippen LogP contribution in [0.4, 0.5) is 0 Å². The summed E-state index contributed by atoms with van der Waals surface area (Å²) >= 11 is 12.3. The van der Waals surface area contributed by atoms with E-state index in [9.17, 15) is 5.11 Å². The molecule has 0 radical (unpaired) electrons. The van der Waals surface area contributed by atoms with Crippen LogP contribution >= 0.6 is 23.2 Å². The third-order valence-corrected chi connectivity index (χ3v) is 4.87. The van der Waals surface area contributed by atoms with E-state index in [2.05, 4.69) is 0 Å². The van der Waals surface area contributed by atoms with E-state index in [1.807, 2.05) is 20.8 Å². The highest BCUT2D eigenvalue weighted by Gasteiger charge is 2.49. The van der Waals surface area contributed by atoms with Crippen LogP contribution < -0.4 is 0 Å². The van der Waals surface area contributed by atoms with Crippen LogP contribution in [-0.2, 0) is 16.1 Å². The number of aliphatic hydroxyl groups excluding tert-OH is 1. The van der Waals surface area contributed by atoms with Crippen molar-refractivity contribution in [2.24, 2.45) is 0 Å². The lowest BCUT2D eigenvalue weighted by molar-refractivity contribution is -0.136. The van der Waals surface area contributed by atoms with E-state index in [0.717, 1.165) is 12.0 Å².